The van der Waals surface area contributed by atoms with E-state index in [9.17, 15) is 13.5 Å². The Kier molecular flexibility index (Phi) is 17.9. The molecule has 4 aromatic rings. The Morgan fingerprint density at radius 3 is 1.89 bits per heavy atom. The fourth-order valence-corrected chi connectivity index (χ4v) is 8.51. The van der Waals surface area contributed by atoms with Crippen molar-refractivity contribution in [1.82, 2.24) is 9.62 Å². The minimum absolute atomic E-state index is 0.000471. The van der Waals surface area contributed by atoms with Gasteiger partial charge in [0.15, 0.2) is 6.29 Å². The normalized spacial score (nSPS) is 17.5. The number of aliphatic hydroxyl groups is 1. The summed E-state index contributed by atoms with van der Waals surface area (Å²) in [7, 11) is -3.64. The zero-order chi connectivity index (χ0) is 38.7. The maximum absolute atomic E-state index is 13.0. The number of unbranched alkanes of at least 4 members (excludes halogenated alkanes) is 10. The summed E-state index contributed by atoms with van der Waals surface area (Å²) >= 11 is 0. The summed E-state index contributed by atoms with van der Waals surface area (Å²) in [6, 6.07) is 32.8. The van der Waals surface area contributed by atoms with E-state index < -0.39 is 16.3 Å². The summed E-state index contributed by atoms with van der Waals surface area (Å²) in [4.78, 5) is 2.89. The average Bonchev–Trinajstić information content (AvgIpc) is 3.23. The van der Waals surface area contributed by atoms with E-state index in [1.54, 1.807) is 30.3 Å². The third kappa shape index (κ3) is 13.7. The highest BCUT2D eigenvalue weighted by Gasteiger charge is 2.33. The Labute approximate surface area is 331 Å². The molecule has 0 unspecified atom stereocenters. The zero-order valence-electron chi connectivity index (χ0n) is 33.2. The quantitative estimate of drug-likeness (QED) is 0.0690. The van der Waals surface area contributed by atoms with Crippen LogP contribution in [-0.4, -0.2) is 44.2 Å². The molecule has 3 atom stereocenters. The number of nitrogens with zero attached hydrogens (tertiary/aromatic N) is 1. The van der Waals surface area contributed by atoms with Gasteiger partial charge in [0.25, 0.3) is 0 Å². The molecule has 1 saturated heterocycles. The van der Waals surface area contributed by atoms with Crippen molar-refractivity contribution in [2.24, 2.45) is 0 Å². The number of sulfonamides is 1. The van der Waals surface area contributed by atoms with Crippen molar-refractivity contribution < 1.29 is 23.0 Å². The molecular weight excluding hydrogens is 705 g/mol. The summed E-state index contributed by atoms with van der Waals surface area (Å²) < 4.78 is 42.3. The van der Waals surface area contributed by atoms with Crippen LogP contribution in [0.1, 0.15) is 132 Å². The van der Waals surface area contributed by atoms with Crippen molar-refractivity contribution in [1.29, 1.82) is 0 Å². The highest BCUT2D eigenvalue weighted by Crippen LogP contribution is 2.39. The van der Waals surface area contributed by atoms with E-state index in [-0.39, 0.29) is 30.3 Å². The molecule has 8 heteroatoms. The van der Waals surface area contributed by atoms with Crippen LogP contribution in [0.15, 0.2) is 108 Å². The first-order valence-electron chi connectivity index (χ1n) is 20.9. The van der Waals surface area contributed by atoms with E-state index in [1.807, 2.05) is 36.4 Å². The summed E-state index contributed by atoms with van der Waals surface area (Å²) in [5.41, 5.74) is 5.78. The Morgan fingerprint density at radius 2 is 1.25 bits per heavy atom. The number of aliphatic hydroxyl groups excluding tert-OH is 1. The Bertz CT molecular complexity index is 1750. The number of rotatable bonds is 24. The van der Waals surface area contributed by atoms with Gasteiger partial charge in [0.2, 0.25) is 10.0 Å². The first-order valence-corrected chi connectivity index (χ1v) is 22.3. The third-order valence-electron chi connectivity index (χ3n) is 10.7. The van der Waals surface area contributed by atoms with Crippen LogP contribution in [0.4, 0.5) is 0 Å². The molecular formula is C47H64N2O5S. The fourth-order valence-electron chi connectivity index (χ4n) is 7.48. The summed E-state index contributed by atoms with van der Waals surface area (Å²) in [6.45, 7) is 7.80. The molecule has 55 heavy (non-hydrogen) atoms. The lowest BCUT2D eigenvalue weighted by molar-refractivity contribution is -0.253. The number of nitrogens with one attached hydrogen (secondary N) is 1. The van der Waals surface area contributed by atoms with Crippen LogP contribution in [0.2, 0.25) is 0 Å². The van der Waals surface area contributed by atoms with Gasteiger partial charge in [-0.15, -0.1) is 0 Å². The molecule has 4 aromatic carbocycles. The molecule has 5 rings (SSSR count). The Morgan fingerprint density at radius 1 is 0.673 bits per heavy atom. The van der Waals surface area contributed by atoms with Crippen LogP contribution in [0.5, 0.6) is 0 Å². The van der Waals surface area contributed by atoms with Gasteiger partial charge in [-0.05, 0) is 65.9 Å². The molecule has 0 radical (unpaired) electrons. The van der Waals surface area contributed by atoms with Crippen LogP contribution < -0.4 is 4.72 Å². The van der Waals surface area contributed by atoms with Gasteiger partial charge in [0.1, 0.15) is 0 Å². The third-order valence-corrected chi connectivity index (χ3v) is 12.2. The molecule has 1 aliphatic rings. The van der Waals surface area contributed by atoms with E-state index >= 15 is 0 Å². The second-order valence-corrected chi connectivity index (χ2v) is 16.9. The molecule has 0 aromatic heterocycles. The van der Waals surface area contributed by atoms with E-state index in [0.29, 0.717) is 0 Å². The largest absolute Gasteiger partial charge is 0.392 e. The van der Waals surface area contributed by atoms with Gasteiger partial charge in [-0.25, -0.2) is 13.1 Å². The van der Waals surface area contributed by atoms with E-state index in [2.05, 4.69) is 59.9 Å². The molecule has 1 heterocycles. The monoisotopic (exact) mass is 768 g/mol. The van der Waals surface area contributed by atoms with Crippen LogP contribution in [0.25, 0.3) is 11.1 Å². The first kappa shape index (κ1) is 42.8. The molecule has 298 valence electrons. The lowest BCUT2D eigenvalue weighted by Gasteiger charge is -2.38. The van der Waals surface area contributed by atoms with E-state index in [4.69, 9.17) is 9.47 Å². The minimum Gasteiger partial charge on any atom is -0.392 e. The van der Waals surface area contributed by atoms with Crippen LogP contribution in [-0.2, 0) is 32.6 Å². The van der Waals surface area contributed by atoms with Crippen molar-refractivity contribution >= 4 is 10.0 Å². The summed E-state index contributed by atoms with van der Waals surface area (Å²) in [5, 5.41) is 9.68. The van der Waals surface area contributed by atoms with Gasteiger partial charge in [-0.3, -0.25) is 0 Å². The van der Waals surface area contributed by atoms with E-state index in [1.165, 1.54) is 77.0 Å². The topological polar surface area (TPSA) is 88.1 Å². The minimum atomic E-state index is -3.64. The van der Waals surface area contributed by atoms with E-state index in [0.717, 1.165) is 59.4 Å². The SMILES string of the molecule is CCCCCCCCN(CCCCCCCC)C[C@H]1C[C@@H](c2ccc(CO)cc2)O[C@@H](c2ccc(-c3ccccc3CNS(=O)(=O)c3ccccc3)cc2)O1. The smallest absolute Gasteiger partial charge is 0.240 e. The molecule has 0 spiro atoms. The number of hydrogen-bond acceptors (Lipinski definition) is 6. The van der Waals surface area contributed by atoms with Crippen molar-refractivity contribution in [2.45, 2.75) is 134 Å². The fraction of sp³-hybridized carbons (Fsp3) is 0.489. The zero-order valence-corrected chi connectivity index (χ0v) is 34.0. The number of hydrogen-bond donors (Lipinski definition) is 2. The molecule has 0 bridgehead atoms. The molecule has 0 saturated carbocycles. The van der Waals surface area contributed by atoms with Gasteiger partial charge >= 0.3 is 0 Å². The molecule has 7 nitrogen and oxygen atoms in total. The highest BCUT2D eigenvalue weighted by atomic mass is 32.2. The summed E-state index contributed by atoms with van der Waals surface area (Å²) in [5.74, 6) is 0. The number of ether oxygens (including phenoxy) is 2. The first-order chi connectivity index (χ1) is 26.9. The molecule has 1 fully saturated rings. The van der Waals surface area contributed by atoms with Crippen LogP contribution in [0.3, 0.4) is 0 Å². The van der Waals surface area contributed by atoms with Crippen molar-refractivity contribution in [2.75, 3.05) is 19.6 Å². The molecule has 0 aliphatic carbocycles. The molecule has 1 aliphatic heterocycles. The van der Waals surface area contributed by atoms with Crippen molar-refractivity contribution in [3.63, 3.8) is 0 Å². The average molecular weight is 769 g/mol. The predicted octanol–water partition coefficient (Wildman–Crippen LogP) is 10.9. The van der Waals surface area contributed by atoms with Crippen LogP contribution >= 0.6 is 0 Å². The highest BCUT2D eigenvalue weighted by molar-refractivity contribution is 7.89. The van der Waals surface area contributed by atoms with Gasteiger partial charge in [-0.1, -0.05) is 169 Å². The standard InChI is InChI=1S/C47H64N2O5S/c1-3-5-7-9-11-18-32-49(33-19-12-10-8-6-4-2)36-43-34-46(40-26-24-38(37-50)25-27-40)54-47(53-43)41-30-28-39(29-31-41)45-23-17-16-20-42(45)35-48-55(51,52)44-21-14-13-15-22-44/h13-17,20-31,43,46-48,50H,3-12,18-19,32-37H2,1-2H3/t43-,46+,47+/m1/s1. The van der Waals surface area contributed by atoms with Gasteiger partial charge in [-0.2, -0.15) is 0 Å². The van der Waals surface area contributed by atoms with Crippen molar-refractivity contribution in [3.8, 4) is 11.1 Å². The summed E-state index contributed by atoms with van der Waals surface area (Å²) in [6.07, 6.45) is 15.5. The second-order valence-electron chi connectivity index (χ2n) is 15.1. The van der Waals surface area contributed by atoms with Crippen molar-refractivity contribution in [3.05, 3.63) is 125 Å². The lowest BCUT2D eigenvalue weighted by atomic mass is 9.97. The molecule has 0 amide bonds. The Hall–Kier alpha value is -3.37. The maximum Gasteiger partial charge on any atom is 0.240 e. The second kappa shape index (κ2) is 23.0. The molecule has 2 N–H and O–H groups in total. The van der Waals surface area contributed by atoms with Gasteiger partial charge < -0.3 is 19.5 Å². The van der Waals surface area contributed by atoms with Crippen LogP contribution in [0, 0.1) is 0 Å². The Balaban J connectivity index is 1.31. The maximum atomic E-state index is 13.0. The lowest BCUT2D eigenvalue weighted by Crippen LogP contribution is -2.40. The number of benzene rings is 4. The predicted molar refractivity (Wildman–Crippen MR) is 224 cm³/mol. The van der Waals surface area contributed by atoms with Gasteiger partial charge in [0.05, 0.1) is 23.7 Å². The van der Waals surface area contributed by atoms with Gasteiger partial charge in [0, 0.05) is 25.1 Å².